The first-order chi connectivity index (χ1) is 13.1. The van der Waals surface area contributed by atoms with Crippen LogP contribution in [-0.4, -0.2) is 30.2 Å². The minimum absolute atomic E-state index is 0.391. The van der Waals surface area contributed by atoms with Crippen LogP contribution in [-0.2, 0) is 0 Å². The molecule has 146 valence electrons. The van der Waals surface area contributed by atoms with E-state index in [1.807, 2.05) is 0 Å². The summed E-state index contributed by atoms with van der Waals surface area (Å²) in [6.45, 7) is 0. The number of methoxy groups -OCH3 is 2. The maximum absolute atomic E-state index is 6.32. The van der Waals surface area contributed by atoms with E-state index >= 15 is 0 Å². The molecule has 2 aromatic rings. The normalized spacial score (nSPS) is 15.1. The maximum atomic E-state index is 6.32. The lowest BCUT2D eigenvalue weighted by Crippen LogP contribution is -2.20. The molecular formula is C19H26ClN5O2. The number of benzene rings is 1. The van der Waals surface area contributed by atoms with Crippen molar-refractivity contribution < 1.29 is 9.47 Å². The summed E-state index contributed by atoms with van der Waals surface area (Å²) in [5.41, 5.74) is 7.44. The molecule has 0 spiro atoms. The second-order valence-corrected chi connectivity index (χ2v) is 7.04. The van der Waals surface area contributed by atoms with Gasteiger partial charge in [0.15, 0.2) is 11.6 Å². The number of nitrogen functional groups attached to an aromatic ring is 1. The molecule has 1 aromatic carbocycles. The third kappa shape index (κ3) is 4.66. The molecule has 1 fully saturated rings. The Labute approximate surface area is 164 Å². The molecule has 0 saturated heterocycles. The van der Waals surface area contributed by atoms with Crippen molar-refractivity contribution in [3.63, 3.8) is 0 Å². The third-order valence-electron chi connectivity index (χ3n) is 4.81. The van der Waals surface area contributed by atoms with Gasteiger partial charge in [0.05, 0.1) is 24.9 Å². The Hall–Kier alpha value is -2.41. The SMILES string of the molecule is COc1cc(OC)c(Nc2ncnc(NC3CCCCCC3)c2N)cc1Cl. The Morgan fingerprint density at radius 2 is 1.67 bits per heavy atom. The molecule has 0 unspecified atom stereocenters. The molecule has 7 nitrogen and oxygen atoms in total. The third-order valence-corrected chi connectivity index (χ3v) is 5.10. The predicted molar refractivity (Wildman–Crippen MR) is 109 cm³/mol. The van der Waals surface area contributed by atoms with Crippen LogP contribution >= 0.6 is 11.6 Å². The lowest BCUT2D eigenvalue weighted by atomic mass is 10.1. The van der Waals surface area contributed by atoms with Crippen molar-refractivity contribution in [1.82, 2.24) is 9.97 Å². The van der Waals surface area contributed by atoms with Gasteiger partial charge in [-0.05, 0) is 18.9 Å². The predicted octanol–water partition coefficient (Wildman–Crippen LogP) is 4.61. The minimum Gasteiger partial charge on any atom is -0.495 e. The number of hydrogen-bond acceptors (Lipinski definition) is 7. The van der Waals surface area contributed by atoms with Crippen LogP contribution in [0.25, 0.3) is 0 Å². The molecule has 1 aromatic heterocycles. The van der Waals surface area contributed by atoms with Gasteiger partial charge in [-0.15, -0.1) is 0 Å². The van der Waals surface area contributed by atoms with Crippen LogP contribution in [0.5, 0.6) is 11.5 Å². The van der Waals surface area contributed by atoms with Gasteiger partial charge in [-0.1, -0.05) is 37.3 Å². The molecule has 8 heteroatoms. The van der Waals surface area contributed by atoms with Gasteiger partial charge in [-0.25, -0.2) is 9.97 Å². The van der Waals surface area contributed by atoms with Crippen LogP contribution in [0.2, 0.25) is 5.02 Å². The first-order valence-corrected chi connectivity index (χ1v) is 9.55. The fourth-order valence-electron chi connectivity index (χ4n) is 3.31. The van der Waals surface area contributed by atoms with Gasteiger partial charge >= 0.3 is 0 Å². The number of nitrogens with two attached hydrogens (primary N) is 1. The van der Waals surface area contributed by atoms with E-state index < -0.39 is 0 Å². The Morgan fingerprint density at radius 3 is 2.33 bits per heavy atom. The monoisotopic (exact) mass is 391 g/mol. The van der Waals surface area contributed by atoms with Gasteiger partial charge in [-0.3, -0.25) is 0 Å². The summed E-state index contributed by atoms with van der Waals surface area (Å²) in [5, 5.41) is 7.14. The fraction of sp³-hybridized carbons (Fsp3) is 0.474. The van der Waals surface area contributed by atoms with Crippen LogP contribution in [0.3, 0.4) is 0 Å². The highest BCUT2D eigenvalue weighted by Crippen LogP contribution is 2.38. The van der Waals surface area contributed by atoms with Crippen LogP contribution < -0.4 is 25.8 Å². The average molecular weight is 392 g/mol. The fourth-order valence-corrected chi connectivity index (χ4v) is 3.55. The lowest BCUT2D eigenvalue weighted by molar-refractivity contribution is 0.396. The Kier molecular flexibility index (Phi) is 6.45. The lowest BCUT2D eigenvalue weighted by Gasteiger charge is -2.19. The molecule has 0 aliphatic heterocycles. The zero-order valence-electron chi connectivity index (χ0n) is 15.7. The molecule has 1 aliphatic carbocycles. The Balaban J connectivity index is 1.82. The number of nitrogens with zero attached hydrogens (tertiary/aromatic N) is 2. The van der Waals surface area contributed by atoms with E-state index in [2.05, 4.69) is 20.6 Å². The Morgan fingerprint density at radius 1 is 1.00 bits per heavy atom. The zero-order valence-corrected chi connectivity index (χ0v) is 16.5. The first-order valence-electron chi connectivity index (χ1n) is 9.18. The second kappa shape index (κ2) is 8.99. The highest BCUT2D eigenvalue weighted by atomic mass is 35.5. The number of halogens is 1. The molecule has 0 atom stereocenters. The summed E-state index contributed by atoms with van der Waals surface area (Å²) in [6, 6.07) is 3.83. The standard InChI is InChI=1S/C19H26ClN5O2/c1-26-15-10-16(27-2)14(9-13(15)20)25-19-17(21)18(22-11-23-19)24-12-7-5-3-4-6-8-12/h9-12H,3-8,21H2,1-2H3,(H2,22,23,24,25). The molecule has 1 saturated carbocycles. The summed E-state index contributed by atoms with van der Waals surface area (Å²) in [5.74, 6) is 2.26. The van der Waals surface area contributed by atoms with E-state index in [1.54, 1.807) is 26.4 Å². The number of rotatable bonds is 6. The second-order valence-electron chi connectivity index (χ2n) is 6.63. The highest BCUT2D eigenvalue weighted by molar-refractivity contribution is 6.32. The maximum Gasteiger partial charge on any atom is 0.159 e. The molecule has 1 aliphatic rings. The summed E-state index contributed by atoms with van der Waals surface area (Å²) in [4.78, 5) is 8.60. The number of hydrogen-bond donors (Lipinski definition) is 3. The summed E-state index contributed by atoms with van der Waals surface area (Å²) < 4.78 is 10.6. The first kappa shape index (κ1) is 19.4. The summed E-state index contributed by atoms with van der Waals surface area (Å²) in [6.07, 6.45) is 8.81. The molecular weight excluding hydrogens is 366 g/mol. The van der Waals surface area contributed by atoms with Crippen molar-refractivity contribution in [2.24, 2.45) is 0 Å². The molecule has 0 radical (unpaired) electrons. The largest absolute Gasteiger partial charge is 0.495 e. The van der Waals surface area contributed by atoms with Gasteiger partial charge in [0, 0.05) is 12.1 Å². The number of aromatic nitrogens is 2. The number of nitrogens with one attached hydrogen (secondary N) is 2. The van der Waals surface area contributed by atoms with E-state index in [4.69, 9.17) is 26.8 Å². The van der Waals surface area contributed by atoms with Crippen molar-refractivity contribution in [1.29, 1.82) is 0 Å². The van der Waals surface area contributed by atoms with Gasteiger partial charge in [0.1, 0.15) is 23.5 Å². The van der Waals surface area contributed by atoms with Crippen molar-refractivity contribution >= 4 is 34.6 Å². The molecule has 3 rings (SSSR count). The molecule has 0 amide bonds. The molecule has 27 heavy (non-hydrogen) atoms. The van der Waals surface area contributed by atoms with Crippen LogP contribution in [0.1, 0.15) is 38.5 Å². The quantitative estimate of drug-likeness (QED) is 0.619. The van der Waals surface area contributed by atoms with Crippen molar-refractivity contribution in [3.05, 3.63) is 23.5 Å². The van der Waals surface area contributed by atoms with Gasteiger partial charge in [0.2, 0.25) is 0 Å². The van der Waals surface area contributed by atoms with Crippen molar-refractivity contribution in [3.8, 4) is 11.5 Å². The summed E-state index contributed by atoms with van der Waals surface area (Å²) in [7, 11) is 3.14. The van der Waals surface area contributed by atoms with Crippen LogP contribution in [0.4, 0.5) is 23.0 Å². The van der Waals surface area contributed by atoms with Crippen LogP contribution in [0, 0.1) is 0 Å². The molecule has 0 bridgehead atoms. The van der Waals surface area contributed by atoms with Crippen molar-refractivity contribution in [2.45, 2.75) is 44.6 Å². The van der Waals surface area contributed by atoms with Gasteiger partial charge < -0.3 is 25.8 Å². The topological polar surface area (TPSA) is 94.3 Å². The zero-order chi connectivity index (χ0) is 19.2. The van der Waals surface area contributed by atoms with E-state index in [0.717, 1.165) is 12.8 Å². The minimum atomic E-state index is 0.391. The van der Waals surface area contributed by atoms with E-state index in [9.17, 15) is 0 Å². The van der Waals surface area contributed by atoms with Crippen molar-refractivity contribution in [2.75, 3.05) is 30.6 Å². The number of anilines is 4. The molecule has 4 N–H and O–H groups in total. The Bertz CT molecular complexity index is 779. The highest BCUT2D eigenvalue weighted by Gasteiger charge is 2.17. The number of ether oxygens (including phenoxy) is 2. The van der Waals surface area contributed by atoms with E-state index in [-0.39, 0.29) is 0 Å². The van der Waals surface area contributed by atoms with Gasteiger partial charge in [-0.2, -0.15) is 0 Å². The van der Waals surface area contributed by atoms with E-state index in [0.29, 0.717) is 45.6 Å². The summed E-state index contributed by atoms with van der Waals surface area (Å²) >= 11 is 6.24. The smallest absolute Gasteiger partial charge is 0.159 e. The van der Waals surface area contributed by atoms with E-state index in [1.165, 1.54) is 32.0 Å². The van der Waals surface area contributed by atoms with Crippen LogP contribution in [0.15, 0.2) is 18.5 Å². The average Bonchev–Trinajstić information content (AvgIpc) is 2.94. The molecule has 1 heterocycles. The van der Waals surface area contributed by atoms with Gasteiger partial charge in [0.25, 0.3) is 0 Å².